The van der Waals surface area contributed by atoms with E-state index in [9.17, 15) is 0 Å². The van der Waals surface area contributed by atoms with Gasteiger partial charge in [-0.25, -0.2) is 4.98 Å². The van der Waals surface area contributed by atoms with Crippen molar-refractivity contribution in [1.29, 1.82) is 0 Å². The zero-order valence-corrected chi connectivity index (χ0v) is 14.4. The Balaban J connectivity index is 2.44. The fraction of sp³-hybridized carbons (Fsp3) is 0.812. The molecule has 0 unspecified atom stereocenters. The Hall–Kier alpha value is -0.450. The van der Waals surface area contributed by atoms with Gasteiger partial charge in [-0.2, -0.15) is 0 Å². The van der Waals surface area contributed by atoms with E-state index in [1.807, 2.05) is 0 Å². The van der Waals surface area contributed by atoms with Crippen LogP contribution in [0.4, 0.5) is 0 Å². The van der Waals surface area contributed by atoms with E-state index in [0.29, 0.717) is 0 Å². The highest BCUT2D eigenvalue weighted by molar-refractivity contribution is 7.09. The van der Waals surface area contributed by atoms with Crippen LogP contribution >= 0.6 is 11.3 Å². The van der Waals surface area contributed by atoms with E-state index >= 15 is 0 Å². The molecule has 0 radical (unpaired) electrons. The summed E-state index contributed by atoms with van der Waals surface area (Å²) in [6.45, 7) is 14.3. The van der Waals surface area contributed by atoms with Crippen LogP contribution in [0.15, 0.2) is 5.38 Å². The molecule has 0 saturated heterocycles. The fourth-order valence-electron chi connectivity index (χ4n) is 2.32. The number of nitrogens with one attached hydrogen (secondary N) is 1. The molecular formula is C16H31N3S. The van der Waals surface area contributed by atoms with Gasteiger partial charge in [-0.1, -0.05) is 40.5 Å². The molecule has 1 aromatic heterocycles. The molecule has 116 valence electrons. The minimum atomic E-state index is 0.819. The van der Waals surface area contributed by atoms with Crippen LogP contribution in [0.1, 0.15) is 57.7 Å². The summed E-state index contributed by atoms with van der Waals surface area (Å²) >= 11 is 1.78. The van der Waals surface area contributed by atoms with Gasteiger partial charge in [0.1, 0.15) is 5.01 Å². The summed E-state index contributed by atoms with van der Waals surface area (Å²) in [6, 6.07) is 0. The molecule has 0 bridgehead atoms. The summed E-state index contributed by atoms with van der Waals surface area (Å²) in [5, 5.41) is 6.85. The van der Waals surface area contributed by atoms with Gasteiger partial charge in [0.05, 0.1) is 5.69 Å². The molecule has 1 aromatic rings. The van der Waals surface area contributed by atoms with Gasteiger partial charge >= 0.3 is 0 Å². The molecule has 0 aromatic carbocycles. The van der Waals surface area contributed by atoms with Crippen molar-refractivity contribution >= 4 is 11.3 Å². The van der Waals surface area contributed by atoms with Crippen molar-refractivity contribution in [3.63, 3.8) is 0 Å². The zero-order chi connectivity index (χ0) is 14.8. The normalized spacial score (nSPS) is 11.7. The topological polar surface area (TPSA) is 28.2 Å². The van der Waals surface area contributed by atoms with Crippen LogP contribution in [0.2, 0.25) is 0 Å². The first-order valence-electron chi connectivity index (χ1n) is 8.09. The lowest BCUT2D eigenvalue weighted by Gasteiger charge is -2.24. The molecule has 0 aliphatic rings. The summed E-state index contributed by atoms with van der Waals surface area (Å²) in [5.41, 5.74) is 1.23. The van der Waals surface area contributed by atoms with Gasteiger partial charge in [-0.15, -0.1) is 11.3 Å². The minimum absolute atomic E-state index is 0.819. The lowest BCUT2D eigenvalue weighted by molar-refractivity contribution is 0.224. The zero-order valence-electron chi connectivity index (χ0n) is 13.6. The monoisotopic (exact) mass is 297 g/mol. The molecule has 1 N–H and O–H groups in total. The molecule has 1 heterocycles. The minimum Gasteiger partial charge on any atom is -0.310 e. The lowest BCUT2D eigenvalue weighted by Crippen LogP contribution is -2.28. The highest BCUT2D eigenvalue weighted by Crippen LogP contribution is 2.15. The molecule has 1 rings (SSSR count). The van der Waals surface area contributed by atoms with Crippen LogP contribution in [0, 0.1) is 5.92 Å². The summed E-state index contributed by atoms with van der Waals surface area (Å²) in [7, 11) is 0. The maximum Gasteiger partial charge on any atom is 0.107 e. The van der Waals surface area contributed by atoms with Crippen LogP contribution in [-0.2, 0) is 13.1 Å². The predicted octanol–water partition coefficient (Wildman–Crippen LogP) is 3.90. The standard InChI is InChI=1S/C16H31N3S/c1-5-9-17-10-16-18-15(13-20-16)12-19(8-4)11-14(6-2)7-3/h13-14,17H,5-12H2,1-4H3. The van der Waals surface area contributed by atoms with Gasteiger partial charge in [0.15, 0.2) is 0 Å². The Morgan fingerprint density at radius 3 is 2.60 bits per heavy atom. The Morgan fingerprint density at radius 2 is 2.00 bits per heavy atom. The molecule has 0 atom stereocenters. The first kappa shape index (κ1) is 17.6. The summed E-state index contributed by atoms with van der Waals surface area (Å²) in [6.07, 6.45) is 3.73. The summed E-state index contributed by atoms with van der Waals surface area (Å²) < 4.78 is 0. The van der Waals surface area contributed by atoms with E-state index in [1.54, 1.807) is 11.3 Å². The average Bonchev–Trinajstić information content (AvgIpc) is 2.91. The van der Waals surface area contributed by atoms with Crippen molar-refractivity contribution in [3.8, 4) is 0 Å². The van der Waals surface area contributed by atoms with Crippen LogP contribution in [0.25, 0.3) is 0 Å². The molecule has 4 heteroatoms. The van der Waals surface area contributed by atoms with E-state index < -0.39 is 0 Å². The van der Waals surface area contributed by atoms with E-state index in [4.69, 9.17) is 4.98 Å². The van der Waals surface area contributed by atoms with E-state index in [1.165, 1.54) is 36.5 Å². The molecule has 0 aliphatic heterocycles. The van der Waals surface area contributed by atoms with Gasteiger partial charge in [0.25, 0.3) is 0 Å². The maximum atomic E-state index is 4.74. The van der Waals surface area contributed by atoms with Crippen LogP contribution in [-0.4, -0.2) is 29.5 Å². The Bertz CT molecular complexity index is 347. The number of aromatic nitrogens is 1. The SMILES string of the molecule is CCCNCc1nc(CN(CC)CC(CC)CC)cs1. The van der Waals surface area contributed by atoms with Gasteiger partial charge < -0.3 is 5.32 Å². The third-order valence-corrected chi connectivity index (χ3v) is 4.70. The molecule has 0 amide bonds. The van der Waals surface area contributed by atoms with Crippen molar-refractivity contribution in [2.75, 3.05) is 19.6 Å². The van der Waals surface area contributed by atoms with Crippen molar-refractivity contribution in [2.45, 2.75) is 60.0 Å². The third kappa shape index (κ3) is 6.33. The smallest absolute Gasteiger partial charge is 0.107 e. The third-order valence-electron chi connectivity index (χ3n) is 3.81. The molecule has 0 fully saturated rings. The second-order valence-corrected chi connectivity index (χ2v) is 6.36. The van der Waals surface area contributed by atoms with Crippen molar-refractivity contribution in [2.24, 2.45) is 5.92 Å². The first-order chi connectivity index (χ1) is 9.73. The Morgan fingerprint density at radius 1 is 1.25 bits per heavy atom. The fourth-order valence-corrected chi connectivity index (χ4v) is 3.08. The van der Waals surface area contributed by atoms with Gasteiger partial charge in [0.2, 0.25) is 0 Å². The second kappa shape index (κ2) is 10.3. The Labute approximate surface area is 128 Å². The van der Waals surface area contributed by atoms with Crippen molar-refractivity contribution in [3.05, 3.63) is 16.1 Å². The number of hydrogen-bond acceptors (Lipinski definition) is 4. The van der Waals surface area contributed by atoms with Gasteiger partial charge in [0, 0.05) is 25.0 Å². The predicted molar refractivity (Wildman–Crippen MR) is 89.1 cm³/mol. The molecule has 0 saturated carbocycles. The number of hydrogen-bond donors (Lipinski definition) is 1. The molecule has 20 heavy (non-hydrogen) atoms. The largest absolute Gasteiger partial charge is 0.310 e. The molecule has 0 aliphatic carbocycles. The number of rotatable bonds is 11. The van der Waals surface area contributed by atoms with Crippen molar-refractivity contribution in [1.82, 2.24) is 15.2 Å². The number of nitrogens with zero attached hydrogens (tertiary/aromatic N) is 2. The Kier molecular flexibility index (Phi) is 9.07. The molecule has 0 spiro atoms. The van der Waals surface area contributed by atoms with E-state index in [2.05, 4.69) is 43.3 Å². The average molecular weight is 298 g/mol. The van der Waals surface area contributed by atoms with Gasteiger partial charge in [-0.3, -0.25) is 4.90 Å². The number of thiazole rings is 1. The first-order valence-corrected chi connectivity index (χ1v) is 8.97. The highest BCUT2D eigenvalue weighted by Gasteiger charge is 2.12. The van der Waals surface area contributed by atoms with Crippen molar-refractivity contribution < 1.29 is 0 Å². The van der Waals surface area contributed by atoms with E-state index in [-0.39, 0.29) is 0 Å². The second-order valence-electron chi connectivity index (χ2n) is 5.42. The lowest BCUT2D eigenvalue weighted by atomic mass is 10.0. The van der Waals surface area contributed by atoms with Crippen LogP contribution in [0.5, 0.6) is 0 Å². The summed E-state index contributed by atoms with van der Waals surface area (Å²) in [4.78, 5) is 7.27. The van der Waals surface area contributed by atoms with Crippen LogP contribution < -0.4 is 5.32 Å². The molecular weight excluding hydrogens is 266 g/mol. The highest BCUT2D eigenvalue weighted by atomic mass is 32.1. The maximum absolute atomic E-state index is 4.74. The summed E-state index contributed by atoms with van der Waals surface area (Å²) in [5.74, 6) is 0.819. The van der Waals surface area contributed by atoms with E-state index in [0.717, 1.165) is 32.1 Å². The quantitative estimate of drug-likeness (QED) is 0.628. The van der Waals surface area contributed by atoms with Crippen LogP contribution in [0.3, 0.4) is 0 Å². The molecule has 3 nitrogen and oxygen atoms in total. The van der Waals surface area contributed by atoms with Gasteiger partial charge in [-0.05, 0) is 25.4 Å².